The van der Waals surface area contributed by atoms with Crippen LogP contribution in [0.5, 0.6) is 0 Å². The summed E-state index contributed by atoms with van der Waals surface area (Å²) in [5.41, 5.74) is 0.746. The van der Waals surface area contributed by atoms with E-state index in [4.69, 9.17) is 4.74 Å². The number of rotatable bonds is 8. The number of para-hydroxylation sites is 1. The molecule has 2 aromatic rings. The first-order valence-corrected chi connectivity index (χ1v) is 10.5. The standard InChI is InChI=1S/C20H22N2O5S/c1-2-22(17-6-4-3-5-7-17)28(25,26)18-12-8-15(9-13-18)20(24)27-14-19(23)21-16-10-11-16/h3-9,12-13,16H,2,10-11,14H2,1H3,(H,21,23). The van der Waals surface area contributed by atoms with Gasteiger partial charge in [0.25, 0.3) is 15.9 Å². The second kappa shape index (κ2) is 8.43. The summed E-state index contributed by atoms with van der Waals surface area (Å²) in [7, 11) is -3.76. The lowest BCUT2D eigenvalue weighted by Crippen LogP contribution is -2.31. The van der Waals surface area contributed by atoms with E-state index in [2.05, 4.69) is 5.32 Å². The lowest BCUT2D eigenvalue weighted by molar-refractivity contribution is -0.124. The molecule has 8 heteroatoms. The maximum absolute atomic E-state index is 12.9. The Balaban J connectivity index is 1.68. The number of sulfonamides is 1. The maximum atomic E-state index is 12.9. The van der Waals surface area contributed by atoms with Gasteiger partial charge in [0, 0.05) is 12.6 Å². The van der Waals surface area contributed by atoms with E-state index in [0.717, 1.165) is 12.8 Å². The molecule has 1 fully saturated rings. The molecule has 1 N–H and O–H groups in total. The highest BCUT2D eigenvalue weighted by Crippen LogP contribution is 2.23. The van der Waals surface area contributed by atoms with Crippen LogP contribution in [0.2, 0.25) is 0 Å². The molecule has 0 aromatic heterocycles. The van der Waals surface area contributed by atoms with Gasteiger partial charge in [0.05, 0.1) is 16.1 Å². The van der Waals surface area contributed by atoms with Gasteiger partial charge in [0.1, 0.15) is 0 Å². The van der Waals surface area contributed by atoms with Gasteiger partial charge in [0.15, 0.2) is 6.61 Å². The van der Waals surface area contributed by atoms with Gasteiger partial charge in [-0.15, -0.1) is 0 Å². The number of esters is 1. The lowest BCUT2D eigenvalue weighted by Gasteiger charge is -2.22. The van der Waals surface area contributed by atoms with Crippen LogP contribution in [0.4, 0.5) is 5.69 Å². The van der Waals surface area contributed by atoms with Crippen molar-refractivity contribution in [3.8, 4) is 0 Å². The van der Waals surface area contributed by atoms with Gasteiger partial charge in [-0.2, -0.15) is 0 Å². The van der Waals surface area contributed by atoms with Gasteiger partial charge >= 0.3 is 5.97 Å². The fraction of sp³-hybridized carbons (Fsp3) is 0.300. The Kier molecular flexibility index (Phi) is 5.99. The van der Waals surface area contributed by atoms with Crippen molar-refractivity contribution in [2.24, 2.45) is 0 Å². The van der Waals surface area contributed by atoms with Gasteiger partial charge in [0.2, 0.25) is 0 Å². The molecule has 1 saturated carbocycles. The molecule has 2 aromatic carbocycles. The monoisotopic (exact) mass is 402 g/mol. The van der Waals surface area contributed by atoms with Crippen molar-refractivity contribution in [1.82, 2.24) is 5.32 Å². The molecule has 1 amide bonds. The van der Waals surface area contributed by atoms with E-state index >= 15 is 0 Å². The average Bonchev–Trinajstić information content (AvgIpc) is 3.51. The Morgan fingerprint density at radius 1 is 1.07 bits per heavy atom. The number of benzene rings is 2. The molecule has 3 rings (SSSR count). The van der Waals surface area contributed by atoms with Gasteiger partial charge in [-0.3, -0.25) is 9.10 Å². The number of amides is 1. The van der Waals surface area contributed by atoms with E-state index in [1.165, 1.54) is 28.6 Å². The van der Waals surface area contributed by atoms with Crippen LogP contribution in [0.15, 0.2) is 59.5 Å². The summed E-state index contributed by atoms with van der Waals surface area (Å²) in [6.45, 7) is 1.67. The minimum Gasteiger partial charge on any atom is -0.452 e. The Hall–Kier alpha value is -2.87. The van der Waals surface area contributed by atoms with Gasteiger partial charge < -0.3 is 10.1 Å². The number of carbonyl (C=O) groups excluding carboxylic acids is 2. The van der Waals surface area contributed by atoms with Crippen molar-refractivity contribution in [2.75, 3.05) is 17.5 Å². The molecular weight excluding hydrogens is 380 g/mol. The van der Waals surface area contributed by atoms with Crippen molar-refractivity contribution in [3.63, 3.8) is 0 Å². The fourth-order valence-corrected chi connectivity index (χ4v) is 4.16. The predicted octanol–water partition coefficient (Wildman–Crippen LogP) is 2.34. The Morgan fingerprint density at radius 3 is 2.29 bits per heavy atom. The number of ether oxygens (including phenoxy) is 1. The average molecular weight is 402 g/mol. The highest BCUT2D eigenvalue weighted by molar-refractivity contribution is 7.92. The first-order chi connectivity index (χ1) is 13.4. The first kappa shape index (κ1) is 19.9. The van der Waals surface area contributed by atoms with Crippen molar-refractivity contribution in [3.05, 3.63) is 60.2 Å². The molecule has 28 heavy (non-hydrogen) atoms. The molecular formula is C20H22N2O5S. The quantitative estimate of drug-likeness (QED) is 0.684. The molecule has 0 unspecified atom stereocenters. The van der Waals surface area contributed by atoms with Gasteiger partial charge in [-0.1, -0.05) is 18.2 Å². The summed E-state index contributed by atoms with van der Waals surface area (Å²) in [6.07, 6.45) is 1.90. The Morgan fingerprint density at radius 2 is 1.71 bits per heavy atom. The summed E-state index contributed by atoms with van der Waals surface area (Å²) in [4.78, 5) is 23.7. The third kappa shape index (κ3) is 4.69. The highest BCUT2D eigenvalue weighted by atomic mass is 32.2. The number of carbonyl (C=O) groups is 2. The molecule has 0 radical (unpaired) electrons. The number of nitrogens with zero attached hydrogens (tertiary/aromatic N) is 1. The lowest BCUT2D eigenvalue weighted by atomic mass is 10.2. The molecule has 0 bridgehead atoms. The van der Waals surface area contributed by atoms with E-state index < -0.39 is 16.0 Å². The van der Waals surface area contributed by atoms with E-state index in [1.807, 2.05) is 6.07 Å². The van der Waals surface area contributed by atoms with Crippen molar-refractivity contribution in [1.29, 1.82) is 0 Å². The van der Waals surface area contributed by atoms with Crippen LogP contribution in [-0.2, 0) is 19.6 Å². The molecule has 0 aliphatic heterocycles. The van der Waals surface area contributed by atoms with Crippen LogP contribution in [0, 0.1) is 0 Å². The van der Waals surface area contributed by atoms with Crippen molar-refractivity contribution >= 4 is 27.6 Å². The van der Waals surface area contributed by atoms with E-state index in [-0.39, 0.29) is 35.6 Å². The number of anilines is 1. The Bertz CT molecular complexity index is 938. The van der Waals surface area contributed by atoms with Crippen LogP contribution in [0.25, 0.3) is 0 Å². The predicted molar refractivity (Wildman–Crippen MR) is 105 cm³/mol. The summed E-state index contributed by atoms with van der Waals surface area (Å²) in [6, 6.07) is 14.5. The van der Waals surface area contributed by atoms with Crippen LogP contribution in [0.1, 0.15) is 30.1 Å². The second-order valence-corrected chi connectivity index (χ2v) is 8.31. The number of nitrogens with one attached hydrogen (secondary N) is 1. The minimum atomic E-state index is -3.76. The largest absolute Gasteiger partial charge is 0.452 e. The fourth-order valence-electron chi connectivity index (χ4n) is 2.69. The van der Waals surface area contributed by atoms with Gasteiger partial charge in [-0.25, -0.2) is 13.2 Å². The van der Waals surface area contributed by atoms with Crippen LogP contribution >= 0.6 is 0 Å². The highest BCUT2D eigenvalue weighted by Gasteiger charge is 2.25. The summed E-state index contributed by atoms with van der Waals surface area (Å²) in [5, 5.41) is 2.72. The zero-order valence-corrected chi connectivity index (χ0v) is 16.3. The van der Waals surface area contributed by atoms with Crippen LogP contribution < -0.4 is 9.62 Å². The van der Waals surface area contributed by atoms with Crippen molar-refractivity contribution in [2.45, 2.75) is 30.7 Å². The molecule has 1 aliphatic carbocycles. The maximum Gasteiger partial charge on any atom is 0.338 e. The normalized spacial score (nSPS) is 13.6. The molecule has 1 aliphatic rings. The zero-order chi connectivity index (χ0) is 20.1. The summed E-state index contributed by atoms with van der Waals surface area (Å²) in [5.74, 6) is -1.01. The third-order valence-corrected chi connectivity index (χ3v) is 6.20. The summed E-state index contributed by atoms with van der Waals surface area (Å²) < 4.78 is 32.1. The van der Waals surface area contributed by atoms with Crippen LogP contribution in [-0.4, -0.2) is 39.5 Å². The molecule has 7 nitrogen and oxygen atoms in total. The topological polar surface area (TPSA) is 92.8 Å². The first-order valence-electron chi connectivity index (χ1n) is 9.06. The van der Waals surface area contributed by atoms with E-state index in [0.29, 0.717) is 5.69 Å². The van der Waals surface area contributed by atoms with Crippen molar-refractivity contribution < 1.29 is 22.7 Å². The smallest absolute Gasteiger partial charge is 0.338 e. The minimum absolute atomic E-state index is 0.0706. The zero-order valence-electron chi connectivity index (χ0n) is 15.5. The SMILES string of the molecule is CCN(c1ccccc1)S(=O)(=O)c1ccc(C(=O)OCC(=O)NC2CC2)cc1. The van der Waals surface area contributed by atoms with E-state index in [1.54, 1.807) is 31.2 Å². The third-order valence-electron chi connectivity index (χ3n) is 4.29. The molecule has 0 atom stereocenters. The number of hydrogen-bond acceptors (Lipinski definition) is 5. The molecule has 148 valence electrons. The van der Waals surface area contributed by atoms with Crippen LogP contribution in [0.3, 0.4) is 0 Å². The molecule has 0 spiro atoms. The Labute approximate surface area is 164 Å². The summed E-state index contributed by atoms with van der Waals surface area (Å²) >= 11 is 0. The van der Waals surface area contributed by atoms with E-state index in [9.17, 15) is 18.0 Å². The van der Waals surface area contributed by atoms with Gasteiger partial charge in [-0.05, 0) is 56.2 Å². The molecule has 0 heterocycles. The second-order valence-electron chi connectivity index (χ2n) is 6.45. The molecule has 0 saturated heterocycles. The number of hydrogen-bond donors (Lipinski definition) is 1.